The summed E-state index contributed by atoms with van der Waals surface area (Å²) in [7, 11) is 0. The maximum absolute atomic E-state index is 13.1. The minimum Gasteiger partial charge on any atom is -0.464 e. The molecular formula is C25H33NO8. The van der Waals surface area contributed by atoms with Gasteiger partial charge in [0.15, 0.2) is 11.2 Å². The highest BCUT2D eigenvalue weighted by Crippen LogP contribution is 2.31. The van der Waals surface area contributed by atoms with Crippen LogP contribution in [0.4, 0.5) is 0 Å². The second-order valence-electron chi connectivity index (χ2n) is 8.04. The molecule has 1 aliphatic rings. The number of unbranched alkanes of at least 4 members (excludes halogenated alkanes) is 3. The lowest BCUT2D eigenvalue weighted by Gasteiger charge is -2.29. The van der Waals surface area contributed by atoms with Crippen LogP contribution in [-0.2, 0) is 19.0 Å². The van der Waals surface area contributed by atoms with Crippen molar-refractivity contribution in [1.82, 2.24) is 5.32 Å². The minimum absolute atomic E-state index is 0.0766. The molecule has 9 heteroatoms. The molecule has 2 atom stereocenters. The van der Waals surface area contributed by atoms with Gasteiger partial charge in [-0.2, -0.15) is 0 Å². The maximum atomic E-state index is 13.1. The van der Waals surface area contributed by atoms with Crippen molar-refractivity contribution in [2.24, 2.45) is 0 Å². The van der Waals surface area contributed by atoms with Crippen LogP contribution in [0.3, 0.4) is 0 Å². The molecule has 0 saturated heterocycles. The van der Waals surface area contributed by atoms with E-state index in [0.717, 1.165) is 25.7 Å². The number of aliphatic hydroxyl groups is 2. The molecular weight excluding hydrogens is 442 g/mol. The topological polar surface area (TPSA) is 127 Å². The van der Waals surface area contributed by atoms with Crippen LogP contribution in [0.2, 0.25) is 0 Å². The van der Waals surface area contributed by atoms with Gasteiger partial charge in [0.1, 0.15) is 5.58 Å². The highest BCUT2D eigenvalue weighted by molar-refractivity contribution is 5.91. The molecule has 1 amide bonds. The number of hydrogen-bond acceptors (Lipinski definition) is 8. The number of carbonyl (C=O) groups excluding carboxylic acids is 1. The molecule has 1 aromatic heterocycles. The van der Waals surface area contributed by atoms with E-state index in [0.29, 0.717) is 29.5 Å². The average Bonchev–Trinajstić information content (AvgIpc) is 2.86. The standard InChI is InChI=1S/C25H33NO8/c27-10-6-2-1-5-9-26-25(30)22-15-18(16-23(34-22)32-14-13-31-12-11-28)20-17-33-21-8-4-3-7-19(21)24(20)29/h3-4,7-8,15,17-18,23,27-28H,1-2,5-6,9-14,16H2,(H,26,30)/t18-,23+/m1/s1. The van der Waals surface area contributed by atoms with Gasteiger partial charge in [-0.25, -0.2) is 0 Å². The molecule has 1 aliphatic heterocycles. The number of nitrogens with one attached hydrogen (secondary N) is 1. The number of ether oxygens (including phenoxy) is 3. The highest BCUT2D eigenvalue weighted by atomic mass is 16.7. The summed E-state index contributed by atoms with van der Waals surface area (Å²) in [6, 6.07) is 7.03. The minimum atomic E-state index is -0.746. The molecule has 2 aromatic rings. The Kier molecular flexibility index (Phi) is 10.6. The number of amides is 1. The molecule has 2 heterocycles. The first-order valence-electron chi connectivity index (χ1n) is 11.7. The molecule has 1 aromatic carbocycles. The third-order valence-corrected chi connectivity index (χ3v) is 5.52. The largest absolute Gasteiger partial charge is 0.464 e. The molecule has 0 aliphatic carbocycles. The molecule has 0 unspecified atom stereocenters. The fraction of sp³-hybridized carbons (Fsp3) is 0.520. The summed E-state index contributed by atoms with van der Waals surface area (Å²) >= 11 is 0. The van der Waals surface area contributed by atoms with Crippen molar-refractivity contribution in [3.8, 4) is 0 Å². The zero-order valence-electron chi connectivity index (χ0n) is 19.2. The van der Waals surface area contributed by atoms with Gasteiger partial charge in [0.2, 0.25) is 6.29 Å². The van der Waals surface area contributed by atoms with Crippen molar-refractivity contribution in [2.45, 2.75) is 44.3 Å². The van der Waals surface area contributed by atoms with Gasteiger partial charge in [-0.3, -0.25) is 9.59 Å². The number of allylic oxidation sites excluding steroid dienone is 1. The SMILES string of the molecule is O=C(NCCCCCCO)C1=C[C@@H](c2coc3ccccc3c2=O)C[C@@H](OCCOCCO)O1. The van der Waals surface area contributed by atoms with Crippen LogP contribution < -0.4 is 10.7 Å². The number of fused-ring (bicyclic) bond motifs is 1. The van der Waals surface area contributed by atoms with Gasteiger partial charge >= 0.3 is 0 Å². The molecule has 0 fully saturated rings. The summed E-state index contributed by atoms with van der Waals surface area (Å²) in [6.45, 7) is 1.26. The van der Waals surface area contributed by atoms with Gasteiger partial charge in [0, 0.05) is 31.1 Å². The Morgan fingerprint density at radius 2 is 1.88 bits per heavy atom. The van der Waals surface area contributed by atoms with Crippen molar-refractivity contribution >= 4 is 16.9 Å². The van der Waals surface area contributed by atoms with E-state index < -0.39 is 12.2 Å². The van der Waals surface area contributed by atoms with E-state index in [4.69, 9.17) is 28.8 Å². The van der Waals surface area contributed by atoms with Gasteiger partial charge in [-0.15, -0.1) is 0 Å². The third kappa shape index (κ3) is 7.39. The van der Waals surface area contributed by atoms with Crippen LogP contribution in [0.5, 0.6) is 0 Å². The maximum Gasteiger partial charge on any atom is 0.286 e. The number of benzene rings is 1. The summed E-state index contributed by atoms with van der Waals surface area (Å²) in [4.78, 5) is 25.9. The first-order valence-corrected chi connectivity index (χ1v) is 11.7. The Labute approximate surface area is 198 Å². The lowest BCUT2D eigenvalue weighted by Crippen LogP contribution is -2.34. The highest BCUT2D eigenvalue weighted by Gasteiger charge is 2.30. The fourth-order valence-corrected chi connectivity index (χ4v) is 3.77. The van der Waals surface area contributed by atoms with E-state index in [2.05, 4.69) is 5.32 Å². The van der Waals surface area contributed by atoms with E-state index in [1.54, 1.807) is 30.3 Å². The van der Waals surface area contributed by atoms with Crippen molar-refractivity contribution < 1.29 is 33.6 Å². The number of rotatable bonds is 14. The monoisotopic (exact) mass is 475 g/mol. The van der Waals surface area contributed by atoms with E-state index in [9.17, 15) is 9.59 Å². The number of para-hydroxylation sites is 1. The Bertz CT molecular complexity index is 1000. The molecule has 0 radical (unpaired) electrons. The number of carbonyl (C=O) groups is 1. The lowest BCUT2D eigenvalue weighted by molar-refractivity contribution is -0.151. The number of aliphatic hydroxyl groups excluding tert-OH is 2. The zero-order valence-corrected chi connectivity index (χ0v) is 19.2. The number of hydrogen-bond donors (Lipinski definition) is 3. The van der Waals surface area contributed by atoms with E-state index in [1.165, 1.54) is 6.26 Å². The van der Waals surface area contributed by atoms with Crippen LogP contribution in [0, 0.1) is 0 Å². The van der Waals surface area contributed by atoms with Gasteiger partial charge < -0.3 is 34.2 Å². The molecule has 9 nitrogen and oxygen atoms in total. The van der Waals surface area contributed by atoms with E-state index >= 15 is 0 Å². The molecule has 0 saturated carbocycles. The summed E-state index contributed by atoms with van der Waals surface area (Å²) in [6.07, 6.45) is 6.02. The van der Waals surface area contributed by atoms with Crippen LogP contribution >= 0.6 is 0 Å². The second-order valence-corrected chi connectivity index (χ2v) is 8.04. The van der Waals surface area contributed by atoms with Gasteiger partial charge in [-0.1, -0.05) is 25.0 Å². The Hall–Kier alpha value is -2.72. The first kappa shape index (κ1) is 25.9. The van der Waals surface area contributed by atoms with E-state index in [-0.39, 0.29) is 50.1 Å². The lowest BCUT2D eigenvalue weighted by atomic mass is 9.93. The second kappa shape index (κ2) is 13.9. The smallest absolute Gasteiger partial charge is 0.286 e. The van der Waals surface area contributed by atoms with Crippen LogP contribution in [0.1, 0.15) is 43.6 Å². The molecule has 3 rings (SSSR count). The van der Waals surface area contributed by atoms with Crippen molar-refractivity contribution in [3.05, 3.63) is 58.2 Å². The van der Waals surface area contributed by atoms with Crippen molar-refractivity contribution in [2.75, 3.05) is 39.6 Å². The Morgan fingerprint density at radius 1 is 1.06 bits per heavy atom. The summed E-state index contributed by atoms with van der Waals surface area (Å²) in [5.41, 5.74) is 0.778. The quantitative estimate of drug-likeness (QED) is 0.355. The summed E-state index contributed by atoms with van der Waals surface area (Å²) in [5, 5.41) is 21.0. The Balaban J connectivity index is 1.72. The molecule has 34 heavy (non-hydrogen) atoms. The van der Waals surface area contributed by atoms with Crippen molar-refractivity contribution in [3.63, 3.8) is 0 Å². The third-order valence-electron chi connectivity index (χ3n) is 5.52. The van der Waals surface area contributed by atoms with Crippen LogP contribution in [0.15, 0.2) is 51.6 Å². The predicted octanol–water partition coefficient (Wildman–Crippen LogP) is 2.20. The molecule has 0 spiro atoms. The molecule has 3 N–H and O–H groups in total. The molecule has 0 bridgehead atoms. The summed E-state index contributed by atoms with van der Waals surface area (Å²) in [5.74, 6) is -0.703. The van der Waals surface area contributed by atoms with Crippen LogP contribution in [-0.4, -0.2) is 62.0 Å². The fourth-order valence-electron chi connectivity index (χ4n) is 3.77. The first-order chi connectivity index (χ1) is 16.6. The van der Waals surface area contributed by atoms with Crippen LogP contribution in [0.25, 0.3) is 11.0 Å². The van der Waals surface area contributed by atoms with Gasteiger partial charge in [-0.05, 0) is 31.1 Å². The summed E-state index contributed by atoms with van der Waals surface area (Å²) < 4.78 is 22.4. The Morgan fingerprint density at radius 3 is 2.71 bits per heavy atom. The van der Waals surface area contributed by atoms with Crippen molar-refractivity contribution in [1.29, 1.82) is 0 Å². The van der Waals surface area contributed by atoms with Gasteiger partial charge in [0.25, 0.3) is 5.91 Å². The zero-order chi connectivity index (χ0) is 24.2. The predicted molar refractivity (Wildman–Crippen MR) is 125 cm³/mol. The average molecular weight is 476 g/mol. The molecule has 186 valence electrons. The normalized spacial score (nSPS) is 17.9. The van der Waals surface area contributed by atoms with E-state index in [1.807, 2.05) is 0 Å². The van der Waals surface area contributed by atoms with Gasteiger partial charge in [0.05, 0.1) is 38.1 Å².